The van der Waals surface area contributed by atoms with Gasteiger partial charge in [-0.25, -0.2) is 4.79 Å². The molecule has 21 heavy (non-hydrogen) atoms. The number of hydrogen-bond acceptors (Lipinski definition) is 3. The Morgan fingerprint density at radius 3 is 2.57 bits per heavy atom. The summed E-state index contributed by atoms with van der Waals surface area (Å²) >= 11 is 0. The maximum Gasteiger partial charge on any atom is 0.412 e. The van der Waals surface area contributed by atoms with Gasteiger partial charge in [0.25, 0.3) is 0 Å². The van der Waals surface area contributed by atoms with E-state index in [4.69, 9.17) is 10.5 Å². The molecule has 1 fully saturated rings. The second-order valence-corrected chi connectivity index (χ2v) is 7.16. The van der Waals surface area contributed by atoms with Gasteiger partial charge in [-0.15, -0.1) is 0 Å². The lowest BCUT2D eigenvalue weighted by Gasteiger charge is -2.20. The minimum absolute atomic E-state index is 0.290. The fourth-order valence-electron chi connectivity index (χ4n) is 2.39. The van der Waals surface area contributed by atoms with Gasteiger partial charge in [0, 0.05) is 5.69 Å². The van der Waals surface area contributed by atoms with Crippen molar-refractivity contribution in [1.29, 1.82) is 0 Å². The van der Waals surface area contributed by atoms with Crippen LogP contribution in [0.25, 0.3) is 0 Å². The number of ether oxygens (including phenoxy) is 1. The van der Waals surface area contributed by atoms with E-state index < -0.39 is 11.7 Å². The van der Waals surface area contributed by atoms with Crippen LogP contribution in [0.2, 0.25) is 0 Å². The van der Waals surface area contributed by atoms with E-state index >= 15 is 0 Å². The smallest absolute Gasteiger partial charge is 0.412 e. The molecule has 0 atom stereocenters. The number of benzene rings is 1. The van der Waals surface area contributed by atoms with Gasteiger partial charge in [0.1, 0.15) is 5.60 Å². The number of amides is 1. The Morgan fingerprint density at radius 1 is 1.38 bits per heavy atom. The first kappa shape index (κ1) is 15.8. The highest BCUT2D eigenvalue weighted by molar-refractivity contribution is 5.86. The predicted octanol–water partition coefficient (Wildman–Crippen LogP) is 3.62. The van der Waals surface area contributed by atoms with Crippen molar-refractivity contribution < 1.29 is 9.53 Å². The van der Waals surface area contributed by atoms with Crippen LogP contribution in [-0.2, 0) is 11.2 Å². The zero-order chi connectivity index (χ0) is 15.7. The van der Waals surface area contributed by atoms with E-state index in [-0.39, 0.29) is 0 Å². The summed E-state index contributed by atoms with van der Waals surface area (Å²) in [6, 6.07) is 6.19. The topological polar surface area (TPSA) is 64.3 Å². The summed E-state index contributed by atoms with van der Waals surface area (Å²) < 4.78 is 5.30. The average molecular weight is 290 g/mol. The van der Waals surface area contributed by atoms with E-state index in [9.17, 15) is 4.79 Å². The molecule has 1 aromatic carbocycles. The summed E-state index contributed by atoms with van der Waals surface area (Å²) in [5.41, 5.74) is 8.70. The van der Waals surface area contributed by atoms with Crippen LogP contribution in [0.1, 0.15) is 44.7 Å². The van der Waals surface area contributed by atoms with Gasteiger partial charge in [-0.2, -0.15) is 0 Å². The van der Waals surface area contributed by atoms with Gasteiger partial charge in [0.15, 0.2) is 0 Å². The highest BCUT2D eigenvalue weighted by atomic mass is 16.6. The Hall–Kier alpha value is -1.55. The van der Waals surface area contributed by atoms with E-state index in [2.05, 4.69) is 11.4 Å². The van der Waals surface area contributed by atoms with E-state index in [0.29, 0.717) is 5.41 Å². The molecule has 0 aliphatic heterocycles. The standard InChI is InChI=1S/C17H26N2O2/c1-12-5-6-13(10-17(11-18)7-8-17)9-14(12)19-15(20)21-16(2,3)4/h5-6,9H,7-8,10-11,18H2,1-4H3,(H,19,20). The summed E-state index contributed by atoms with van der Waals surface area (Å²) in [7, 11) is 0. The molecule has 0 radical (unpaired) electrons. The molecule has 1 aromatic rings. The van der Waals surface area contributed by atoms with Gasteiger partial charge in [-0.1, -0.05) is 12.1 Å². The number of aryl methyl sites for hydroxylation is 1. The number of rotatable bonds is 4. The summed E-state index contributed by atoms with van der Waals surface area (Å²) in [6.07, 6.45) is 2.97. The Kier molecular flexibility index (Phi) is 4.28. The van der Waals surface area contributed by atoms with Crippen molar-refractivity contribution in [1.82, 2.24) is 0 Å². The summed E-state index contributed by atoms with van der Waals surface area (Å²) in [5, 5.41) is 2.84. The first-order valence-corrected chi connectivity index (χ1v) is 7.53. The Morgan fingerprint density at radius 2 is 2.05 bits per heavy atom. The molecule has 0 heterocycles. The van der Waals surface area contributed by atoms with Crippen molar-refractivity contribution in [2.75, 3.05) is 11.9 Å². The highest BCUT2D eigenvalue weighted by Crippen LogP contribution is 2.47. The van der Waals surface area contributed by atoms with Crippen LogP contribution in [0.5, 0.6) is 0 Å². The molecule has 0 aromatic heterocycles. The van der Waals surface area contributed by atoms with Crippen molar-refractivity contribution in [2.45, 2.75) is 52.6 Å². The average Bonchev–Trinajstić information content (AvgIpc) is 3.11. The monoisotopic (exact) mass is 290 g/mol. The fourth-order valence-corrected chi connectivity index (χ4v) is 2.39. The number of hydrogen-bond donors (Lipinski definition) is 2. The first-order chi connectivity index (χ1) is 9.73. The molecule has 4 heteroatoms. The summed E-state index contributed by atoms with van der Waals surface area (Å²) in [5.74, 6) is 0. The fraction of sp³-hybridized carbons (Fsp3) is 0.588. The van der Waals surface area contributed by atoms with Crippen LogP contribution in [0, 0.1) is 12.3 Å². The third kappa shape index (κ3) is 4.46. The first-order valence-electron chi connectivity index (χ1n) is 7.53. The zero-order valence-electron chi connectivity index (χ0n) is 13.5. The third-order valence-corrected chi connectivity index (χ3v) is 3.91. The van der Waals surface area contributed by atoms with Gasteiger partial charge in [0.05, 0.1) is 0 Å². The van der Waals surface area contributed by atoms with Crippen LogP contribution in [0.15, 0.2) is 18.2 Å². The molecule has 1 amide bonds. The van der Waals surface area contributed by atoms with E-state index in [0.717, 1.165) is 24.2 Å². The van der Waals surface area contributed by atoms with Gasteiger partial charge in [-0.3, -0.25) is 5.32 Å². The van der Waals surface area contributed by atoms with Crippen LogP contribution in [0.3, 0.4) is 0 Å². The predicted molar refractivity (Wildman–Crippen MR) is 85.5 cm³/mol. The molecular formula is C17H26N2O2. The quantitative estimate of drug-likeness (QED) is 0.890. The highest BCUT2D eigenvalue weighted by Gasteiger charge is 2.40. The lowest BCUT2D eigenvalue weighted by molar-refractivity contribution is 0.0636. The maximum atomic E-state index is 11.9. The van der Waals surface area contributed by atoms with E-state index in [1.807, 2.05) is 39.8 Å². The Bertz CT molecular complexity index is 528. The van der Waals surface area contributed by atoms with Crippen molar-refractivity contribution in [3.8, 4) is 0 Å². The Labute approximate surface area is 127 Å². The molecule has 0 spiro atoms. The van der Waals surface area contributed by atoms with E-state index in [1.54, 1.807) is 0 Å². The molecule has 1 saturated carbocycles. The van der Waals surface area contributed by atoms with Gasteiger partial charge < -0.3 is 10.5 Å². The molecule has 4 nitrogen and oxygen atoms in total. The molecule has 0 saturated heterocycles. The van der Waals surface area contributed by atoms with Gasteiger partial charge in [-0.05, 0) is 76.1 Å². The van der Waals surface area contributed by atoms with Crippen LogP contribution in [-0.4, -0.2) is 18.2 Å². The van der Waals surface area contributed by atoms with Crippen LogP contribution < -0.4 is 11.1 Å². The van der Waals surface area contributed by atoms with Crippen LogP contribution in [0.4, 0.5) is 10.5 Å². The zero-order valence-corrected chi connectivity index (χ0v) is 13.5. The van der Waals surface area contributed by atoms with Crippen LogP contribution >= 0.6 is 0 Å². The minimum Gasteiger partial charge on any atom is -0.444 e. The maximum absolute atomic E-state index is 11.9. The normalized spacial score (nSPS) is 16.4. The van der Waals surface area contributed by atoms with E-state index in [1.165, 1.54) is 18.4 Å². The molecule has 116 valence electrons. The second-order valence-electron chi connectivity index (χ2n) is 7.16. The number of anilines is 1. The van der Waals surface area contributed by atoms with Crippen molar-refractivity contribution in [3.63, 3.8) is 0 Å². The molecule has 0 bridgehead atoms. The summed E-state index contributed by atoms with van der Waals surface area (Å²) in [6.45, 7) is 8.28. The third-order valence-electron chi connectivity index (χ3n) is 3.91. The van der Waals surface area contributed by atoms with Crippen molar-refractivity contribution >= 4 is 11.8 Å². The SMILES string of the molecule is Cc1ccc(CC2(CN)CC2)cc1NC(=O)OC(C)(C)C. The minimum atomic E-state index is -0.493. The number of carbonyl (C=O) groups excluding carboxylic acids is 1. The molecule has 2 rings (SSSR count). The second kappa shape index (κ2) is 5.68. The molecule has 1 aliphatic carbocycles. The largest absolute Gasteiger partial charge is 0.444 e. The number of nitrogens with one attached hydrogen (secondary N) is 1. The van der Waals surface area contributed by atoms with Crippen molar-refractivity contribution in [2.24, 2.45) is 11.1 Å². The number of carbonyl (C=O) groups is 1. The molecular weight excluding hydrogens is 264 g/mol. The summed E-state index contributed by atoms with van der Waals surface area (Å²) in [4.78, 5) is 11.9. The number of nitrogens with two attached hydrogens (primary N) is 1. The Balaban J connectivity index is 2.07. The molecule has 0 unspecified atom stereocenters. The van der Waals surface area contributed by atoms with Gasteiger partial charge in [0.2, 0.25) is 0 Å². The molecule has 1 aliphatic rings. The lowest BCUT2D eigenvalue weighted by Crippen LogP contribution is -2.27. The lowest BCUT2D eigenvalue weighted by atomic mass is 9.95. The van der Waals surface area contributed by atoms with Crippen molar-refractivity contribution in [3.05, 3.63) is 29.3 Å². The van der Waals surface area contributed by atoms with Gasteiger partial charge >= 0.3 is 6.09 Å². The molecule has 3 N–H and O–H groups in total.